The number of H-pyrrole nitrogens is 1. The highest BCUT2D eigenvalue weighted by atomic mass is 16.5. The first-order chi connectivity index (χ1) is 10.0. The minimum atomic E-state index is -1.17. The van der Waals surface area contributed by atoms with E-state index in [1.54, 1.807) is 6.07 Å². The number of ether oxygens (including phenoxy) is 1. The minimum Gasteiger partial charge on any atom is -0.479 e. The zero-order chi connectivity index (χ0) is 15.4. The molecule has 1 heterocycles. The van der Waals surface area contributed by atoms with Gasteiger partial charge in [0.2, 0.25) is 0 Å². The van der Waals surface area contributed by atoms with Crippen LogP contribution in [0.4, 0.5) is 0 Å². The molecule has 114 valence electrons. The van der Waals surface area contributed by atoms with Gasteiger partial charge in [0.05, 0.1) is 6.54 Å². The van der Waals surface area contributed by atoms with E-state index in [0.717, 1.165) is 36.9 Å². The highest BCUT2D eigenvalue weighted by Gasteiger charge is 2.20. The topological polar surface area (TPSA) is 108 Å². The number of pyridine rings is 1. The Bertz CT molecular complexity index is 608. The van der Waals surface area contributed by atoms with E-state index in [-0.39, 0.29) is 12.1 Å². The first kappa shape index (κ1) is 15.2. The Morgan fingerprint density at radius 1 is 1.43 bits per heavy atom. The van der Waals surface area contributed by atoms with Crippen LogP contribution in [0.15, 0.2) is 10.9 Å². The van der Waals surface area contributed by atoms with Crippen molar-refractivity contribution in [2.75, 3.05) is 13.7 Å². The number of nitrogens with one attached hydrogen (secondary N) is 2. The number of aryl methyl sites for hydroxylation is 2. The third-order valence-corrected chi connectivity index (χ3v) is 3.59. The summed E-state index contributed by atoms with van der Waals surface area (Å²) >= 11 is 0. The summed E-state index contributed by atoms with van der Waals surface area (Å²) in [6.07, 6.45) is 2.58. The van der Waals surface area contributed by atoms with Gasteiger partial charge in [0.25, 0.3) is 11.5 Å². The van der Waals surface area contributed by atoms with Crippen molar-refractivity contribution < 1.29 is 19.4 Å². The molecule has 0 radical (unpaired) electrons. The molecule has 0 saturated heterocycles. The quantitative estimate of drug-likeness (QED) is 0.713. The van der Waals surface area contributed by atoms with Gasteiger partial charge in [-0.2, -0.15) is 0 Å². The van der Waals surface area contributed by atoms with E-state index in [9.17, 15) is 14.4 Å². The second-order valence-electron chi connectivity index (χ2n) is 5.00. The summed E-state index contributed by atoms with van der Waals surface area (Å²) in [5, 5.41) is 11.2. The van der Waals surface area contributed by atoms with Gasteiger partial charge in [-0.15, -0.1) is 0 Å². The normalized spacial score (nSPS) is 15.1. The average Bonchev–Trinajstić information content (AvgIpc) is 2.46. The molecular weight excluding hydrogens is 276 g/mol. The standard InChI is InChI=1S/C14H18N2O5/c1-21-11(14(19)20)7-15-12(17)9-6-8-4-2-3-5-10(8)16-13(9)18/h6,11H,2-5,7H2,1H3,(H,15,17)(H,16,18)(H,19,20). The number of hydrogen-bond donors (Lipinski definition) is 3. The van der Waals surface area contributed by atoms with Crippen molar-refractivity contribution in [3.8, 4) is 0 Å². The predicted molar refractivity (Wildman–Crippen MR) is 74.5 cm³/mol. The third-order valence-electron chi connectivity index (χ3n) is 3.59. The van der Waals surface area contributed by atoms with Crippen LogP contribution in [0.25, 0.3) is 0 Å². The van der Waals surface area contributed by atoms with Gasteiger partial charge in [-0.1, -0.05) is 0 Å². The highest BCUT2D eigenvalue weighted by molar-refractivity contribution is 5.94. The SMILES string of the molecule is COC(CNC(=O)c1cc2c([nH]c1=O)CCCC2)C(=O)O. The Kier molecular flexibility index (Phi) is 4.74. The van der Waals surface area contributed by atoms with Crippen molar-refractivity contribution >= 4 is 11.9 Å². The molecule has 0 bridgehead atoms. The molecule has 0 aliphatic heterocycles. The molecule has 1 atom stereocenters. The monoisotopic (exact) mass is 294 g/mol. The summed E-state index contributed by atoms with van der Waals surface area (Å²) < 4.78 is 4.72. The zero-order valence-corrected chi connectivity index (χ0v) is 11.8. The second-order valence-corrected chi connectivity index (χ2v) is 5.00. The summed E-state index contributed by atoms with van der Waals surface area (Å²) in [6, 6.07) is 1.60. The lowest BCUT2D eigenvalue weighted by Crippen LogP contribution is -2.39. The number of methoxy groups -OCH3 is 1. The highest BCUT2D eigenvalue weighted by Crippen LogP contribution is 2.18. The number of carbonyl (C=O) groups is 2. The van der Waals surface area contributed by atoms with Crippen LogP contribution < -0.4 is 10.9 Å². The largest absolute Gasteiger partial charge is 0.479 e. The van der Waals surface area contributed by atoms with Gasteiger partial charge in [0.1, 0.15) is 5.56 Å². The summed E-state index contributed by atoms with van der Waals surface area (Å²) in [6.45, 7) is -0.193. The number of carbonyl (C=O) groups excluding carboxylic acids is 1. The van der Waals surface area contributed by atoms with Crippen molar-refractivity contribution in [3.63, 3.8) is 0 Å². The van der Waals surface area contributed by atoms with Crippen molar-refractivity contribution in [2.45, 2.75) is 31.8 Å². The van der Waals surface area contributed by atoms with Crippen molar-refractivity contribution in [1.29, 1.82) is 0 Å². The van der Waals surface area contributed by atoms with Crippen LogP contribution in [-0.2, 0) is 22.4 Å². The predicted octanol–water partition coefficient (Wildman–Crippen LogP) is 0.0831. The summed E-state index contributed by atoms with van der Waals surface area (Å²) in [7, 11) is 1.25. The minimum absolute atomic E-state index is 0.0101. The maximum absolute atomic E-state index is 12.0. The number of carboxylic acid groups (broad SMARTS) is 1. The van der Waals surface area contributed by atoms with Gasteiger partial charge >= 0.3 is 5.97 Å². The van der Waals surface area contributed by atoms with Crippen LogP contribution in [0.2, 0.25) is 0 Å². The number of amides is 1. The smallest absolute Gasteiger partial charge is 0.334 e. The van der Waals surface area contributed by atoms with Crippen molar-refractivity contribution in [1.82, 2.24) is 10.3 Å². The maximum atomic E-state index is 12.0. The van der Waals surface area contributed by atoms with Gasteiger partial charge in [-0.3, -0.25) is 9.59 Å². The van der Waals surface area contributed by atoms with Gasteiger partial charge < -0.3 is 20.1 Å². The lowest BCUT2D eigenvalue weighted by atomic mass is 9.95. The number of rotatable bonds is 5. The Morgan fingerprint density at radius 2 is 2.14 bits per heavy atom. The third kappa shape index (κ3) is 3.49. The lowest BCUT2D eigenvalue weighted by molar-refractivity contribution is -0.148. The van der Waals surface area contributed by atoms with Gasteiger partial charge in [-0.25, -0.2) is 4.79 Å². The van der Waals surface area contributed by atoms with Gasteiger partial charge in [-0.05, 0) is 37.3 Å². The fraction of sp³-hybridized carbons (Fsp3) is 0.500. The van der Waals surface area contributed by atoms with E-state index in [2.05, 4.69) is 10.3 Å². The second kappa shape index (κ2) is 6.53. The fourth-order valence-electron chi connectivity index (χ4n) is 2.40. The molecule has 1 aromatic rings. The molecule has 7 heteroatoms. The Balaban J connectivity index is 2.12. The molecule has 1 aromatic heterocycles. The number of aromatic nitrogens is 1. The van der Waals surface area contributed by atoms with E-state index in [1.807, 2.05) is 0 Å². The van der Waals surface area contributed by atoms with Crippen molar-refractivity contribution in [3.05, 3.63) is 33.2 Å². The first-order valence-electron chi connectivity index (χ1n) is 6.81. The molecule has 1 amide bonds. The molecule has 7 nitrogen and oxygen atoms in total. The number of fused-ring (bicyclic) bond motifs is 1. The molecule has 0 fully saturated rings. The molecule has 21 heavy (non-hydrogen) atoms. The molecule has 1 aliphatic carbocycles. The van der Waals surface area contributed by atoms with Crippen LogP contribution in [-0.4, -0.2) is 41.7 Å². The van der Waals surface area contributed by atoms with E-state index in [4.69, 9.17) is 9.84 Å². The Labute approximate surface area is 121 Å². The number of hydrogen-bond acceptors (Lipinski definition) is 4. The van der Waals surface area contributed by atoms with Crippen LogP contribution in [0, 0.1) is 0 Å². The number of carboxylic acids is 1. The molecule has 1 unspecified atom stereocenters. The molecule has 0 aromatic carbocycles. The van der Waals surface area contributed by atoms with Crippen LogP contribution in [0.3, 0.4) is 0 Å². The Hall–Kier alpha value is -2.15. The van der Waals surface area contributed by atoms with Crippen LogP contribution in [0.1, 0.15) is 34.5 Å². The van der Waals surface area contributed by atoms with Crippen LogP contribution in [0.5, 0.6) is 0 Å². The molecule has 3 N–H and O–H groups in total. The van der Waals surface area contributed by atoms with E-state index >= 15 is 0 Å². The lowest BCUT2D eigenvalue weighted by Gasteiger charge is -2.16. The van der Waals surface area contributed by atoms with Crippen LogP contribution >= 0.6 is 0 Å². The molecule has 0 saturated carbocycles. The van der Waals surface area contributed by atoms with E-state index in [1.165, 1.54) is 7.11 Å². The van der Waals surface area contributed by atoms with Gasteiger partial charge in [0, 0.05) is 12.8 Å². The molecule has 0 spiro atoms. The molecule has 1 aliphatic rings. The Morgan fingerprint density at radius 3 is 2.81 bits per heavy atom. The van der Waals surface area contributed by atoms with Crippen molar-refractivity contribution in [2.24, 2.45) is 0 Å². The molecule has 2 rings (SSSR count). The summed E-state index contributed by atoms with van der Waals surface area (Å²) in [5.74, 6) is -1.76. The zero-order valence-electron chi connectivity index (χ0n) is 11.8. The number of aromatic amines is 1. The van der Waals surface area contributed by atoms with E-state index in [0.29, 0.717) is 0 Å². The van der Waals surface area contributed by atoms with E-state index < -0.39 is 23.5 Å². The first-order valence-corrected chi connectivity index (χ1v) is 6.81. The fourth-order valence-corrected chi connectivity index (χ4v) is 2.40. The summed E-state index contributed by atoms with van der Waals surface area (Å²) in [4.78, 5) is 37.5. The average molecular weight is 294 g/mol. The molecular formula is C14H18N2O5. The number of aliphatic carboxylic acids is 1. The maximum Gasteiger partial charge on any atom is 0.334 e. The van der Waals surface area contributed by atoms with Gasteiger partial charge in [0.15, 0.2) is 6.10 Å². The summed E-state index contributed by atoms with van der Waals surface area (Å²) in [5.41, 5.74) is 1.43.